The summed E-state index contributed by atoms with van der Waals surface area (Å²) in [6.07, 6.45) is 0. The van der Waals surface area contributed by atoms with Crippen molar-refractivity contribution >= 4 is 0 Å². The van der Waals surface area contributed by atoms with Gasteiger partial charge >= 0.3 is 0 Å². The molecular weight excluding hydrogens is 180 g/mol. The molecule has 5 heteroatoms. The number of hydrogen-bond acceptors (Lipinski definition) is 3. The van der Waals surface area contributed by atoms with Crippen LogP contribution in [0.3, 0.4) is 0 Å². The Morgan fingerprint density at radius 3 is 2.46 bits per heavy atom. The van der Waals surface area contributed by atoms with Gasteiger partial charge in [0.15, 0.2) is 0 Å². The Hall–Kier alpha value is -1.20. The van der Waals surface area contributed by atoms with Crippen molar-refractivity contribution in [1.29, 1.82) is 0 Å². The average molecular weight is 189 g/mol. The second-order valence-electron chi connectivity index (χ2n) is 2.61. The fraction of sp³-hybridized carbons (Fsp3) is 0.250. The summed E-state index contributed by atoms with van der Waals surface area (Å²) in [4.78, 5) is 0. The molecule has 1 rings (SSSR count). The molecular formula is C8H9F2NO2. The molecule has 0 unspecified atom stereocenters. The molecule has 0 radical (unpaired) electrons. The lowest BCUT2D eigenvalue weighted by atomic mass is 10.1. The van der Waals surface area contributed by atoms with Crippen LogP contribution < -0.4 is 5.73 Å². The predicted octanol–water partition coefficient (Wildman–Crippen LogP) is 0.663. The number of aliphatic hydroxyl groups is 1. The van der Waals surface area contributed by atoms with Gasteiger partial charge in [-0.1, -0.05) is 0 Å². The molecule has 1 atom stereocenters. The van der Waals surface area contributed by atoms with Crippen molar-refractivity contribution < 1.29 is 19.0 Å². The van der Waals surface area contributed by atoms with Crippen molar-refractivity contribution in [3.05, 3.63) is 29.3 Å². The zero-order valence-electron chi connectivity index (χ0n) is 6.67. The van der Waals surface area contributed by atoms with E-state index in [-0.39, 0.29) is 5.56 Å². The number of hydrogen-bond donors (Lipinski definition) is 3. The molecule has 0 aliphatic carbocycles. The van der Waals surface area contributed by atoms with Gasteiger partial charge in [-0.2, -0.15) is 0 Å². The minimum absolute atomic E-state index is 0.274. The zero-order chi connectivity index (χ0) is 10.0. The maximum Gasteiger partial charge on any atom is 0.134 e. The first kappa shape index (κ1) is 9.88. The minimum Gasteiger partial charge on any atom is -0.507 e. The van der Waals surface area contributed by atoms with Crippen LogP contribution in [0.5, 0.6) is 5.75 Å². The fourth-order valence-electron chi connectivity index (χ4n) is 1.03. The Morgan fingerprint density at radius 1 is 1.38 bits per heavy atom. The lowest BCUT2D eigenvalue weighted by Gasteiger charge is -2.11. The van der Waals surface area contributed by atoms with E-state index in [2.05, 4.69) is 0 Å². The van der Waals surface area contributed by atoms with E-state index in [0.29, 0.717) is 6.07 Å². The highest BCUT2D eigenvalue weighted by atomic mass is 19.1. The number of phenolic OH excluding ortho intramolecular Hbond substituents is 1. The van der Waals surface area contributed by atoms with E-state index < -0.39 is 30.0 Å². The number of halogens is 2. The van der Waals surface area contributed by atoms with Crippen LogP contribution >= 0.6 is 0 Å². The van der Waals surface area contributed by atoms with Gasteiger partial charge in [0, 0.05) is 17.7 Å². The number of benzene rings is 1. The number of aromatic hydroxyl groups is 1. The van der Waals surface area contributed by atoms with E-state index in [4.69, 9.17) is 15.9 Å². The molecule has 0 amide bonds. The summed E-state index contributed by atoms with van der Waals surface area (Å²) in [7, 11) is 0. The van der Waals surface area contributed by atoms with E-state index in [1.807, 2.05) is 0 Å². The molecule has 0 saturated carbocycles. The van der Waals surface area contributed by atoms with E-state index in [9.17, 15) is 8.78 Å². The van der Waals surface area contributed by atoms with Gasteiger partial charge in [0.1, 0.15) is 17.4 Å². The van der Waals surface area contributed by atoms with E-state index >= 15 is 0 Å². The third-order valence-electron chi connectivity index (χ3n) is 1.64. The van der Waals surface area contributed by atoms with Gasteiger partial charge < -0.3 is 15.9 Å². The Kier molecular flexibility index (Phi) is 2.79. The lowest BCUT2D eigenvalue weighted by molar-refractivity contribution is 0.262. The van der Waals surface area contributed by atoms with Gasteiger partial charge in [0.2, 0.25) is 0 Å². The molecule has 0 bridgehead atoms. The normalized spacial score (nSPS) is 12.9. The van der Waals surface area contributed by atoms with E-state index in [0.717, 1.165) is 6.07 Å². The second kappa shape index (κ2) is 3.68. The van der Waals surface area contributed by atoms with Crippen molar-refractivity contribution in [2.75, 3.05) is 6.61 Å². The first-order valence-electron chi connectivity index (χ1n) is 3.60. The van der Waals surface area contributed by atoms with E-state index in [1.165, 1.54) is 0 Å². The summed E-state index contributed by atoms with van der Waals surface area (Å²) in [5.41, 5.74) is 5.00. The zero-order valence-corrected chi connectivity index (χ0v) is 6.67. The molecule has 4 N–H and O–H groups in total. The maximum atomic E-state index is 13.0. The summed E-state index contributed by atoms with van der Waals surface area (Å²) in [6, 6.07) is 0.305. The van der Waals surface area contributed by atoms with Crippen LogP contribution in [0.25, 0.3) is 0 Å². The van der Waals surface area contributed by atoms with Gasteiger partial charge in [0.25, 0.3) is 0 Å². The number of phenols is 1. The molecule has 0 heterocycles. The molecule has 0 fully saturated rings. The van der Waals surface area contributed by atoms with Crippen molar-refractivity contribution in [1.82, 2.24) is 0 Å². The predicted molar refractivity (Wildman–Crippen MR) is 42.0 cm³/mol. The molecule has 0 aromatic heterocycles. The summed E-state index contributed by atoms with van der Waals surface area (Å²) in [5.74, 6) is -2.43. The molecule has 0 spiro atoms. The van der Waals surface area contributed by atoms with Crippen molar-refractivity contribution in [2.24, 2.45) is 5.73 Å². The van der Waals surface area contributed by atoms with Crippen LogP contribution in [0.4, 0.5) is 8.78 Å². The van der Waals surface area contributed by atoms with Crippen LogP contribution in [0.15, 0.2) is 12.1 Å². The number of aliphatic hydroxyl groups excluding tert-OH is 1. The van der Waals surface area contributed by atoms with Crippen LogP contribution in [0.1, 0.15) is 11.6 Å². The lowest BCUT2D eigenvalue weighted by Crippen LogP contribution is -2.16. The Balaban J connectivity index is 3.20. The summed E-state index contributed by atoms with van der Waals surface area (Å²) >= 11 is 0. The first-order valence-corrected chi connectivity index (χ1v) is 3.60. The molecule has 1 aromatic rings. The smallest absolute Gasteiger partial charge is 0.134 e. The van der Waals surface area contributed by atoms with Crippen LogP contribution in [-0.2, 0) is 0 Å². The quantitative estimate of drug-likeness (QED) is 0.640. The monoisotopic (exact) mass is 189 g/mol. The highest BCUT2D eigenvalue weighted by Gasteiger charge is 2.16. The van der Waals surface area contributed by atoms with Gasteiger partial charge in [-0.05, 0) is 0 Å². The second-order valence-corrected chi connectivity index (χ2v) is 2.61. The highest BCUT2D eigenvalue weighted by Crippen LogP contribution is 2.26. The largest absolute Gasteiger partial charge is 0.507 e. The average Bonchev–Trinajstić information content (AvgIpc) is 2.02. The summed E-state index contributed by atoms with van der Waals surface area (Å²) in [6.45, 7) is -0.518. The molecule has 0 saturated heterocycles. The maximum absolute atomic E-state index is 13.0. The topological polar surface area (TPSA) is 66.5 Å². The van der Waals surface area contributed by atoms with Crippen LogP contribution in [-0.4, -0.2) is 16.8 Å². The summed E-state index contributed by atoms with van der Waals surface area (Å²) in [5, 5.41) is 17.7. The van der Waals surface area contributed by atoms with Crippen molar-refractivity contribution in [2.45, 2.75) is 6.04 Å². The van der Waals surface area contributed by atoms with Gasteiger partial charge in [-0.3, -0.25) is 0 Å². The molecule has 13 heavy (non-hydrogen) atoms. The van der Waals surface area contributed by atoms with E-state index in [1.54, 1.807) is 0 Å². The van der Waals surface area contributed by atoms with Gasteiger partial charge in [-0.25, -0.2) is 8.78 Å². The minimum atomic E-state index is -1.04. The highest BCUT2D eigenvalue weighted by molar-refractivity contribution is 5.36. The Morgan fingerprint density at radius 2 is 2.00 bits per heavy atom. The number of rotatable bonds is 2. The Labute approximate surface area is 73.4 Å². The number of nitrogens with two attached hydrogens (primary N) is 1. The molecule has 0 aliphatic rings. The van der Waals surface area contributed by atoms with Crippen LogP contribution in [0.2, 0.25) is 0 Å². The molecule has 1 aromatic carbocycles. The van der Waals surface area contributed by atoms with Gasteiger partial charge in [0.05, 0.1) is 12.6 Å². The molecule has 0 aliphatic heterocycles. The SMILES string of the molecule is N[C@H](CO)c1c(O)cc(F)cc1F. The third-order valence-corrected chi connectivity index (χ3v) is 1.64. The fourth-order valence-corrected chi connectivity index (χ4v) is 1.03. The van der Waals surface area contributed by atoms with Crippen LogP contribution in [0, 0.1) is 11.6 Å². The van der Waals surface area contributed by atoms with Crippen molar-refractivity contribution in [3.8, 4) is 5.75 Å². The third kappa shape index (κ3) is 1.93. The molecule has 72 valence electrons. The Bertz CT molecular complexity index is 294. The standard InChI is InChI=1S/C8H9F2NO2/c9-4-1-5(10)8(6(11)3-12)7(13)2-4/h1-2,6,12-13H,3,11H2/t6-/m1/s1. The first-order chi connectivity index (χ1) is 6.06. The summed E-state index contributed by atoms with van der Waals surface area (Å²) < 4.78 is 25.4. The molecule has 3 nitrogen and oxygen atoms in total. The van der Waals surface area contributed by atoms with Crippen molar-refractivity contribution in [3.63, 3.8) is 0 Å². The van der Waals surface area contributed by atoms with Gasteiger partial charge in [-0.15, -0.1) is 0 Å².